The highest BCUT2D eigenvalue weighted by Gasteiger charge is 2.40. The quantitative estimate of drug-likeness (QED) is 0.902. The van der Waals surface area contributed by atoms with Crippen LogP contribution in [0.4, 0.5) is 10.1 Å². The highest BCUT2D eigenvalue weighted by Crippen LogP contribution is 2.38. The summed E-state index contributed by atoms with van der Waals surface area (Å²) in [7, 11) is 1.61. The van der Waals surface area contributed by atoms with Crippen LogP contribution >= 0.6 is 0 Å². The fourth-order valence-electron chi connectivity index (χ4n) is 2.01. The number of nitrogens with one attached hydrogen (secondary N) is 1. The van der Waals surface area contributed by atoms with Crippen molar-refractivity contribution in [3.05, 3.63) is 30.1 Å². The molecule has 2 rings (SSSR count). The van der Waals surface area contributed by atoms with Gasteiger partial charge >= 0.3 is 0 Å². The van der Waals surface area contributed by atoms with E-state index < -0.39 is 5.82 Å². The van der Waals surface area contributed by atoms with Crippen LogP contribution in [0.1, 0.15) is 13.3 Å². The minimum absolute atomic E-state index is 0.00175. The molecule has 0 aromatic heterocycles. The van der Waals surface area contributed by atoms with Gasteiger partial charge in [0.15, 0.2) is 0 Å². The lowest BCUT2D eigenvalue weighted by atomic mass is 10.3. The van der Waals surface area contributed by atoms with Crippen LogP contribution in [-0.4, -0.2) is 30.3 Å². The molecule has 1 N–H and O–H groups in total. The lowest BCUT2D eigenvalue weighted by Gasteiger charge is -2.16. The van der Waals surface area contributed by atoms with Gasteiger partial charge in [0.25, 0.3) is 0 Å². The number of hydrogen-bond donors (Lipinski definition) is 1. The Labute approximate surface area is 111 Å². The van der Waals surface area contributed by atoms with E-state index in [0.29, 0.717) is 11.6 Å². The summed E-state index contributed by atoms with van der Waals surface area (Å²) < 4.78 is 12.9. The number of carbonyl (C=O) groups is 2. The summed E-state index contributed by atoms with van der Waals surface area (Å²) in [4.78, 5) is 25.0. The standard InChI is InChI=1S/C14H17FN2O2/c1-9-6-12(9)14(19)17(2)8-13(18)16-11-5-3-4-10(15)7-11/h3-5,7,9,12H,6,8H2,1-2H3,(H,16,18)/t9-,12-/m1/s1. The smallest absolute Gasteiger partial charge is 0.243 e. The van der Waals surface area contributed by atoms with E-state index in [9.17, 15) is 14.0 Å². The molecule has 0 heterocycles. The second kappa shape index (κ2) is 5.38. The predicted molar refractivity (Wildman–Crippen MR) is 69.9 cm³/mol. The molecule has 0 bridgehead atoms. The normalized spacial score (nSPS) is 20.8. The summed E-state index contributed by atoms with van der Waals surface area (Å²) in [6, 6.07) is 5.67. The van der Waals surface area contributed by atoms with Crippen LogP contribution < -0.4 is 5.32 Å². The number of carbonyl (C=O) groups excluding carboxylic acids is 2. The van der Waals surface area contributed by atoms with E-state index in [0.717, 1.165) is 6.42 Å². The monoisotopic (exact) mass is 264 g/mol. The Morgan fingerprint density at radius 2 is 2.16 bits per heavy atom. The average Bonchev–Trinajstić information content (AvgIpc) is 3.05. The second-order valence-corrected chi connectivity index (χ2v) is 5.07. The van der Waals surface area contributed by atoms with Gasteiger partial charge in [-0.2, -0.15) is 0 Å². The number of benzene rings is 1. The molecule has 0 unspecified atom stereocenters. The maximum Gasteiger partial charge on any atom is 0.243 e. The van der Waals surface area contributed by atoms with Crippen molar-refractivity contribution in [1.29, 1.82) is 0 Å². The van der Waals surface area contributed by atoms with Crippen LogP contribution in [0.15, 0.2) is 24.3 Å². The molecule has 0 radical (unpaired) electrons. The molecule has 1 saturated carbocycles. The van der Waals surface area contributed by atoms with E-state index in [1.807, 2.05) is 6.92 Å². The lowest BCUT2D eigenvalue weighted by molar-refractivity contribution is -0.134. The third kappa shape index (κ3) is 3.53. The van der Waals surface area contributed by atoms with Gasteiger partial charge in [-0.3, -0.25) is 9.59 Å². The molecule has 0 saturated heterocycles. The molecule has 1 aromatic rings. The van der Waals surface area contributed by atoms with Crippen molar-refractivity contribution in [1.82, 2.24) is 4.90 Å². The lowest BCUT2D eigenvalue weighted by Crippen LogP contribution is -2.36. The molecule has 1 aliphatic carbocycles. The third-order valence-electron chi connectivity index (χ3n) is 3.29. The van der Waals surface area contributed by atoms with E-state index in [-0.39, 0.29) is 24.3 Å². The molecule has 19 heavy (non-hydrogen) atoms. The first-order chi connectivity index (χ1) is 8.97. The SMILES string of the molecule is C[C@@H]1C[C@H]1C(=O)N(C)CC(=O)Nc1cccc(F)c1. The number of likely N-dealkylation sites (N-methyl/N-ethyl adjacent to an activating group) is 1. The minimum Gasteiger partial charge on any atom is -0.336 e. The Kier molecular flexibility index (Phi) is 3.83. The average molecular weight is 264 g/mol. The zero-order valence-corrected chi connectivity index (χ0v) is 11.0. The van der Waals surface area contributed by atoms with Crippen LogP contribution in [0, 0.1) is 17.7 Å². The van der Waals surface area contributed by atoms with E-state index in [1.54, 1.807) is 13.1 Å². The Morgan fingerprint density at radius 3 is 2.74 bits per heavy atom. The molecule has 2 atom stereocenters. The fourth-order valence-corrected chi connectivity index (χ4v) is 2.01. The van der Waals surface area contributed by atoms with Gasteiger partial charge in [-0.25, -0.2) is 4.39 Å². The zero-order chi connectivity index (χ0) is 14.0. The molecule has 1 aliphatic rings. The largest absolute Gasteiger partial charge is 0.336 e. The first-order valence-electron chi connectivity index (χ1n) is 6.28. The van der Waals surface area contributed by atoms with Crippen molar-refractivity contribution in [2.75, 3.05) is 18.9 Å². The molecule has 2 amide bonds. The molecule has 0 aliphatic heterocycles. The van der Waals surface area contributed by atoms with Crippen molar-refractivity contribution in [3.63, 3.8) is 0 Å². The summed E-state index contributed by atoms with van der Waals surface area (Å²) in [5, 5.41) is 2.57. The fraction of sp³-hybridized carbons (Fsp3) is 0.429. The number of hydrogen-bond acceptors (Lipinski definition) is 2. The number of rotatable bonds is 4. The van der Waals surface area contributed by atoms with Crippen molar-refractivity contribution >= 4 is 17.5 Å². The summed E-state index contributed by atoms with van der Waals surface area (Å²) in [6.45, 7) is 2.00. The molecule has 1 aromatic carbocycles. The molecule has 4 nitrogen and oxygen atoms in total. The molecule has 0 spiro atoms. The highest BCUT2D eigenvalue weighted by molar-refractivity contribution is 5.95. The van der Waals surface area contributed by atoms with Gasteiger partial charge in [0.05, 0.1) is 6.54 Å². The number of nitrogens with zero attached hydrogens (tertiary/aromatic N) is 1. The van der Waals surface area contributed by atoms with Gasteiger partial charge in [-0.1, -0.05) is 13.0 Å². The topological polar surface area (TPSA) is 49.4 Å². The minimum atomic E-state index is -0.408. The van der Waals surface area contributed by atoms with E-state index in [1.165, 1.54) is 23.1 Å². The second-order valence-electron chi connectivity index (χ2n) is 5.07. The Balaban J connectivity index is 1.85. The van der Waals surface area contributed by atoms with Crippen LogP contribution in [0.25, 0.3) is 0 Å². The van der Waals surface area contributed by atoms with Crippen LogP contribution in [0.3, 0.4) is 0 Å². The van der Waals surface area contributed by atoms with E-state index in [4.69, 9.17) is 0 Å². The zero-order valence-electron chi connectivity index (χ0n) is 11.0. The molecule has 102 valence electrons. The summed E-state index contributed by atoms with van der Waals surface area (Å²) >= 11 is 0. The summed E-state index contributed by atoms with van der Waals surface area (Å²) in [5.41, 5.74) is 0.394. The van der Waals surface area contributed by atoms with Gasteiger partial charge < -0.3 is 10.2 Å². The van der Waals surface area contributed by atoms with E-state index in [2.05, 4.69) is 5.32 Å². The molecule has 1 fully saturated rings. The van der Waals surface area contributed by atoms with Gasteiger partial charge in [-0.15, -0.1) is 0 Å². The first kappa shape index (κ1) is 13.5. The van der Waals surface area contributed by atoms with Crippen LogP contribution in [0.2, 0.25) is 0 Å². The maximum atomic E-state index is 12.9. The highest BCUT2D eigenvalue weighted by atomic mass is 19.1. The van der Waals surface area contributed by atoms with Crippen LogP contribution in [-0.2, 0) is 9.59 Å². The molecular weight excluding hydrogens is 247 g/mol. The number of anilines is 1. The summed E-state index contributed by atoms with van der Waals surface area (Å²) in [6.07, 6.45) is 0.898. The Morgan fingerprint density at radius 1 is 1.47 bits per heavy atom. The Hall–Kier alpha value is -1.91. The maximum absolute atomic E-state index is 12.9. The van der Waals surface area contributed by atoms with Crippen molar-refractivity contribution in [3.8, 4) is 0 Å². The van der Waals surface area contributed by atoms with Gasteiger partial charge in [-0.05, 0) is 30.5 Å². The van der Waals surface area contributed by atoms with Crippen molar-refractivity contribution < 1.29 is 14.0 Å². The number of halogens is 1. The predicted octanol–water partition coefficient (Wildman–Crippen LogP) is 1.88. The van der Waals surface area contributed by atoms with Gasteiger partial charge in [0.2, 0.25) is 11.8 Å². The van der Waals surface area contributed by atoms with Gasteiger partial charge in [0, 0.05) is 18.7 Å². The molecule has 5 heteroatoms. The third-order valence-corrected chi connectivity index (χ3v) is 3.29. The number of amides is 2. The summed E-state index contributed by atoms with van der Waals surface area (Å²) in [5.74, 6) is -0.251. The van der Waals surface area contributed by atoms with Crippen molar-refractivity contribution in [2.24, 2.45) is 11.8 Å². The van der Waals surface area contributed by atoms with Gasteiger partial charge in [0.1, 0.15) is 5.82 Å². The van der Waals surface area contributed by atoms with Crippen LogP contribution in [0.5, 0.6) is 0 Å². The van der Waals surface area contributed by atoms with E-state index >= 15 is 0 Å². The molecular formula is C14H17FN2O2. The van der Waals surface area contributed by atoms with Crippen molar-refractivity contribution in [2.45, 2.75) is 13.3 Å². The Bertz CT molecular complexity index is 504. The first-order valence-corrected chi connectivity index (χ1v) is 6.28.